The smallest absolute Gasteiger partial charge is 0.256 e. The van der Waals surface area contributed by atoms with E-state index in [1.165, 1.54) is 6.07 Å². The van der Waals surface area contributed by atoms with Crippen molar-refractivity contribution in [2.24, 2.45) is 0 Å². The summed E-state index contributed by atoms with van der Waals surface area (Å²) in [6.07, 6.45) is 0. The highest BCUT2D eigenvalue weighted by Crippen LogP contribution is 2.27. The van der Waals surface area contributed by atoms with Gasteiger partial charge in [0.25, 0.3) is 5.91 Å². The van der Waals surface area contributed by atoms with Gasteiger partial charge in [0.2, 0.25) is 0 Å². The summed E-state index contributed by atoms with van der Waals surface area (Å²) < 4.78 is 27.2. The zero-order valence-corrected chi connectivity index (χ0v) is 13.1. The Hall–Kier alpha value is -1.47. The minimum atomic E-state index is -0.862. The normalized spacial score (nSPS) is 10.4. The van der Waals surface area contributed by atoms with E-state index in [9.17, 15) is 13.6 Å². The highest BCUT2D eigenvalue weighted by Gasteiger charge is 2.15. The van der Waals surface area contributed by atoms with Gasteiger partial charge in [-0.25, -0.2) is 8.78 Å². The second kappa shape index (κ2) is 5.88. The predicted molar refractivity (Wildman–Crippen MR) is 80.6 cm³/mol. The fraction of sp³-hybridized carbons (Fsp3) is 0. The monoisotopic (exact) mass is 404 g/mol. The van der Waals surface area contributed by atoms with E-state index in [0.717, 1.165) is 6.07 Å². The zero-order valence-electron chi connectivity index (χ0n) is 9.88. The first-order valence-corrected chi connectivity index (χ1v) is 6.98. The van der Waals surface area contributed by atoms with Gasteiger partial charge in [0.1, 0.15) is 11.6 Å². The van der Waals surface area contributed by atoms with Gasteiger partial charge in [0, 0.05) is 11.8 Å². The van der Waals surface area contributed by atoms with Crippen LogP contribution in [0.3, 0.4) is 0 Å². The maximum Gasteiger partial charge on any atom is 0.256 e. The fourth-order valence-corrected chi connectivity index (χ4v) is 2.32. The lowest BCUT2D eigenvalue weighted by Gasteiger charge is -2.10. The Morgan fingerprint density at radius 3 is 2.55 bits per heavy atom. The van der Waals surface area contributed by atoms with Crippen molar-refractivity contribution in [2.45, 2.75) is 0 Å². The maximum atomic E-state index is 13.6. The summed E-state index contributed by atoms with van der Waals surface area (Å²) in [6, 6.07) is 6.60. The van der Waals surface area contributed by atoms with Crippen LogP contribution in [0.2, 0.25) is 0 Å². The van der Waals surface area contributed by atoms with Crippen LogP contribution in [0.15, 0.2) is 39.3 Å². The van der Waals surface area contributed by atoms with Crippen LogP contribution in [-0.2, 0) is 0 Å². The molecule has 2 aromatic carbocycles. The highest BCUT2D eigenvalue weighted by atomic mass is 79.9. The fourth-order valence-electron chi connectivity index (χ4n) is 1.53. The highest BCUT2D eigenvalue weighted by molar-refractivity contribution is 9.11. The molecular weight excluding hydrogens is 398 g/mol. The molecule has 0 spiro atoms. The third-order valence-corrected chi connectivity index (χ3v) is 4.02. The van der Waals surface area contributed by atoms with Crippen molar-refractivity contribution >= 4 is 49.1 Å². The molecule has 1 amide bonds. The molecule has 0 aliphatic rings. The number of rotatable bonds is 2. The number of anilines is 2. The Morgan fingerprint density at radius 2 is 1.85 bits per heavy atom. The lowest BCUT2D eigenvalue weighted by Crippen LogP contribution is -2.14. The Labute approximate surface area is 130 Å². The topological polar surface area (TPSA) is 55.1 Å². The number of carbonyl (C=O) groups is 1. The van der Waals surface area contributed by atoms with E-state index < -0.39 is 17.5 Å². The number of nitrogens with two attached hydrogens (primary N) is 1. The minimum Gasteiger partial charge on any atom is -0.398 e. The molecule has 3 nitrogen and oxygen atoms in total. The molecule has 0 aromatic heterocycles. The number of hydrogen-bond donors (Lipinski definition) is 2. The van der Waals surface area contributed by atoms with Crippen molar-refractivity contribution in [3.8, 4) is 0 Å². The van der Waals surface area contributed by atoms with Crippen LogP contribution in [0.4, 0.5) is 20.2 Å². The quantitative estimate of drug-likeness (QED) is 0.577. The van der Waals surface area contributed by atoms with E-state index >= 15 is 0 Å². The van der Waals surface area contributed by atoms with Crippen molar-refractivity contribution in [2.75, 3.05) is 11.1 Å². The number of carbonyl (C=O) groups excluding carboxylic acids is 1. The summed E-state index contributed by atoms with van der Waals surface area (Å²) in [5.74, 6) is -2.16. The van der Waals surface area contributed by atoms with Crippen LogP contribution >= 0.6 is 31.9 Å². The SMILES string of the molecule is Nc1cccc(C(=O)Nc2cc(Br)c(F)cc2F)c1Br. The molecule has 0 heterocycles. The van der Waals surface area contributed by atoms with Gasteiger partial charge in [-0.15, -0.1) is 0 Å². The van der Waals surface area contributed by atoms with Crippen LogP contribution in [0, 0.1) is 11.6 Å². The molecule has 20 heavy (non-hydrogen) atoms. The van der Waals surface area contributed by atoms with Gasteiger partial charge in [-0.1, -0.05) is 6.07 Å². The summed E-state index contributed by atoms with van der Waals surface area (Å²) in [5.41, 5.74) is 6.18. The summed E-state index contributed by atoms with van der Waals surface area (Å²) in [5, 5.41) is 2.37. The van der Waals surface area contributed by atoms with Crippen LogP contribution in [-0.4, -0.2) is 5.91 Å². The Kier molecular flexibility index (Phi) is 4.39. The second-order valence-electron chi connectivity index (χ2n) is 3.91. The Balaban J connectivity index is 2.33. The van der Waals surface area contributed by atoms with Crippen LogP contribution in [0.25, 0.3) is 0 Å². The van der Waals surface area contributed by atoms with E-state index in [0.29, 0.717) is 16.2 Å². The number of benzene rings is 2. The predicted octanol–water partition coefficient (Wildman–Crippen LogP) is 4.32. The van der Waals surface area contributed by atoms with E-state index in [4.69, 9.17) is 5.73 Å². The lowest BCUT2D eigenvalue weighted by atomic mass is 10.2. The summed E-state index contributed by atoms with van der Waals surface area (Å²) in [4.78, 5) is 12.1. The molecule has 0 saturated carbocycles. The van der Waals surface area contributed by atoms with Gasteiger partial charge in [-0.05, 0) is 50.1 Å². The van der Waals surface area contributed by atoms with E-state index in [2.05, 4.69) is 37.2 Å². The average Bonchev–Trinajstić information content (AvgIpc) is 2.39. The van der Waals surface area contributed by atoms with Crippen molar-refractivity contribution in [3.63, 3.8) is 0 Å². The first kappa shape index (κ1) is 14.9. The second-order valence-corrected chi connectivity index (χ2v) is 5.56. The summed E-state index contributed by atoms with van der Waals surface area (Å²) >= 11 is 6.12. The molecule has 0 radical (unpaired) electrons. The van der Waals surface area contributed by atoms with Gasteiger partial charge in [-0.3, -0.25) is 4.79 Å². The molecule has 0 bridgehead atoms. The Morgan fingerprint density at radius 1 is 1.15 bits per heavy atom. The molecule has 3 N–H and O–H groups in total. The lowest BCUT2D eigenvalue weighted by molar-refractivity contribution is 0.102. The molecule has 0 atom stereocenters. The number of amides is 1. The molecule has 7 heteroatoms. The Bertz CT molecular complexity index is 692. The molecule has 104 valence electrons. The standard InChI is InChI=1S/C13H8Br2F2N2O/c14-7-4-11(9(17)5-8(7)16)19-13(20)6-2-1-3-10(18)12(6)15/h1-5H,18H2,(H,19,20). The van der Waals surface area contributed by atoms with Crippen LogP contribution in [0.1, 0.15) is 10.4 Å². The molecular formula is C13H8Br2F2N2O. The number of hydrogen-bond acceptors (Lipinski definition) is 2. The average molecular weight is 406 g/mol. The largest absolute Gasteiger partial charge is 0.398 e. The van der Waals surface area contributed by atoms with E-state index in [1.54, 1.807) is 12.1 Å². The van der Waals surface area contributed by atoms with Crippen molar-refractivity contribution in [1.29, 1.82) is 0 Å². The van der Waals surface area contributed by atoms with Gasteiger partial charge in [0.15, 0.2) is 0 Å². The minimum absolute atomic E-state index is 0.0563. The number of nitrogen functional groups attached to an aromatic ring is 1. The number of nitrogens with one attached hydrogen (secondary N) is 1. The molecule has 0 aliphatic carbocycles. The molecule has 0 aliphatic heterocycles. The van der Waals surface area contributed by atoms with Crippen molar-refractivity contribution in [3.05, 3.63) is 56.5 Å². The summed E-state index contributed by atoms with van der Waals surface area (Å²) in [7, 11) is 0. The molecule has 0 fully saturated rings. The first-order valence-electron chi connectivity index (χ1n) is 5.40. The van der Waals surface area contributed by atoms with Crippen LogP contribution in [0.5, 0.6) is 0 Å². The molecule has 2 rings (SSSR count). The third-order valence-electron chi connectivity index (χ3n) is 2.53. The van der Waals surface area contributed by atoms with Gasteiger partial charge in [-0.2, -0.15) is 0 Å². The van der Waals surface area contributed by atoms with Gasteiger partial charge in [0.05, 0.1) is 20.2 Å². The van der Waals surface area contributed by atoms with Gasteiger partial charge >= 0.3 is 0 Å². The van der Waals surface area contributed by atoms with Crippen LogP contribution < -0.4 is 11.1 Å². The van der Waals surface area contributed by atoms with Gasteiger partial charge < -0.3 is 11.1 Å². The maximum absolute atomic E-state index is 13.6. The number of halogens is 4. The molecule has 2 aromatic rings. The van der Waals surface area contributed by atoms with Crippen molar-refractivity contribution in [1.82, 2.24) is 0 Å². The zero-order chi connectivity index (χ0) is 14.9. The first-order chi connectivity index (χ1) is 9.40. The van der Waals surface area contributed by atoms with Crippen molar-refractivity contribution < 1.29 is 13.6 Å². The summed E-state index contributed by atoms with van der Waals surface area (Å²) in [6.45, 7) is 0. The molecule has 0 unspecified atom stereocenters. The molecule has 0 saturated heterocycles. The van der Waals surface area contributed by atoms with E-state index in [-0.39, 0.29) is 15.7 Å². The third kappa shape index (κ3) is 2.99. The van der Waals surface area contributed by atoms with E-state index in [1.807, 2.05) is 0 Å².